The van der Waals surface area contributed by atoms with E-state index in [9.17, 15) is 4.79 Å². The van der Waals surface area contributed by atoms with Crippen molar-refractivity contribution in [2.24, 2.45) is 5.10 Å². The summed E-state index contributed by atoms with van der Waals surface area (Å²) < 4.78 is 5.50. The second-order valence-electron chi connectivity index (χ2n) is 5.38. The summed E-state index contributed by atoms with van der Waals surface area (Å²) in [5, 5.41) is 4.16. The van der Waals surface area contributed by atoms with Gasteiger partial charge in [-0.05, 0) is 50.1 Å². The van der Waals surface area contributed by atoms with Crippen molar-refractivity contribution < 1.29 is 9.53 Å². The van der Waals surface area contributed by atoms with Gasteiger partial charge >= 0.3 is 0 Å². The van der Waals surface area contributed by atoms with Gasteiger partial charge in [0.1, 0.15) is 5.75 Å². The van der Waals surface area contributed by atoms with E-state index in [0.29, 0.717) is 12.2 Å². The average molecular weight is 310 g/mol. The molecular formula is C19H22N2O2. The van der Waals surface area contributed by atoms with Gasteiger partial charge in [-0.15, -0.1) is 0 Å². The molecule has 0 spiro atoms. The zero-order valence-corrected chi connectivity index (χ0v) is 13.8. The van der Waals surface area contributed by atoms with Crippen molar-refractivity contribution in [1.29, 1.82) is 0 Å². The number of nitrogens with zero attached hydrogens (tertiary/aromatic N) is 1. The average Bonchev–Trinajstić information content (AvgIpc) is 2.58. The third kappa shape index (κ3) is 4.95. The summed E-state index contributed by atoms with van der Waals surface area (Å²) in [6.45, 7) is 6.63. The molecule has 4 heteroatoms. The molecule has 1 amide bonds. The molecule has 0 saturated carbocycles. The third-order valence-corrected chi connectivity index (χ3v) is 3.38. The first-order valence-corrected chi connectivity index (χ1v) is 7.74. The Kier molecular flexibility index (Phi) is 5.92. The minimum absolute atomic E-state index is 0.237. The van der Waals surface area contributed by atoms with Crippen molar-refractivity contribution in [3.8, 4) is 5.75 Å². The third-order valence-electron chi connectivity index (χ3n) is 3.38. The molecule has 0 atom stereocenters. The highest BCUT2D eigenvalue weighted by Gasteiger charge is 2.05. The van der Waals surface area contributed by atoms with Crippen LogP contribution in [0.3, 0.4) is 0 Å². The van der Waals surface area contributed by atoms with Gasteiger partial charge in [0.05, 0.1) is 12.3 Å². The molecule has 0 fully saturated rings. The van der Waals surface area contributed by atoms with Crippen LogP contribution in [-0.4, -0.2) is 18.2 Å². The maximum absolute atomic E-state index is 12.1. The molecule has 2 aromatic carbocycles. The molecule has 4 nitrogen and oxygen atoms in total. The van der Waals surface area contributed by atoms with E-state index in [2.05, 4.69) is 17.5 Å². The van der Waals surface area contributed by atoms with E-state index in [1.165, 1.54) is 5.56 Å². The van der Waals surface area contributed by atoms with Crippen molar-refractivity contribution >= 4 is 11.6 Å². The van der Waals surface area contributed by atoms with Crippen LogP contribution in [0.2, 0.25) is 0 Å². The Hall–Kier alpha value is -2.62. The molecule has 0 heterocycles. The molecule has 0 bridgehead atoms. The molecule has 0 radical (unpaired) electrons. The summed E-state index contributed by atoms with van der Waals surface area (Å²) in [7, 11) is 0. The van der Waals surface area contributed by atoms with Crippen LogP contribution < -0.4 is 10.2 Å². The number of amides is 1. The molecule has 0 saturated heterocycles. The quantitative estimate of drug-likeness (QED) is 0.649. The van der Waals surface area contributed by atoms with Crippen LogP contribution in [0.1, 0.15) is 41.8 Å². The van der Waals surface area contributed by atoms with Crippen molar-refractivity contribution in [1.82, 2.24) is 5.43 Å². The van der Waals surface area contributed by atoms with Gasteiger partial charge in [0.25, 0.3) is 5.91 Å². The molecular weight excluding hydrogens is 288 g/mol. The van der Waals surface area contributed by atoms with E-state index in [4.69, 9.17) is 4.74 Å². The first-order chi connectivity index (χ1) is 11.1. The van der Waals surface area contributed by atoms with Gasteiger partial charge in [0.2, 0.25) is 0 Å². The normalized spacial score (nSPS) is 11.2. The smallest absolute Gasteiger partial charge is 0.271 e. The predicted molar refractivity (Wildman–Crippen MR) is 93.1 cm³/mol. The first-order valence-electron chi connectivity index (χ1n) is 7.74. The molecule has 23 heavy (non-hydrogen) atoms. The maximum Gasteiger partial charge on any atom is 0.271 e. The molecule has 2 rings (SSSR count). The molecule has 0 aliphatic rings. The zero-order valence-electron chi connectivity index (χ0n) is 13.8. The Morgan fingerprint density at radius 1 is 1.04 bits per heavy atom. The molecule has 0 unspecified atom stereocenters. The van der Waals surface area contributed by atoms with Gasteiger partial charge in [-0.2, -0.15) is 5.10 Å². The Bertz CT molecular complexity index is 674. The molecule has 1 N–H and O–H groups in total. The predicted octanol–water partition coefficient (Wildman–Crippen LogP) is 3.94. The van der Waals surface area contributed by atoms with Gasteiger partial charge in [-0.3, -0.25) is 4.79 Å². The number of carbonyl (C=O) groups is 1. The molecule has 0 aliphatic heterocycles. The lowest BCUT2D eigenvalue weighted by atomic mass is 10.1. The fraction of sp³-hybridized carbons (Fsp3) is 0.263. The summed E-state index contributed by atoms with van der Waals surface area (Å²) >= 11 is 0. The van der Waals surface area contributed by atoms with Crippen LogP contribution in [0.5, 0.6) is 5.75 Å². The first kappa shape index (κ1) is 16.7. The molecule has 120 valence electrons. The number of nitrogens with one attached hydrogen (secondary N) is 1. The standard InChI is InChI=1S/C19H22N2O2/c1-4-13-23-18-11-9-17(10-12-18)19(22)21-20-15(3)16-7-5-14(2)6-8-16/h5-12H,4,13H2,1-3H3,(H,21,22)/b20-15-. The monoisotopic (exact) mass is 310 g/mol. The Morgan fingerprint density at radius 2 is 1.65 bits per heavy atom. The van der Waals surface area contributed by atoms with E-state index < -0.39 is 0 Å². The topological polar surface area (TPSA) is 50.7 Å². The number of benzene rings is 2. The lowest BCUT2D eigenvalue weighted by molar-refractivity contribution is 0.0955. The van der Waals surface area contributed by atoms with Crippen molar-refractivity contribution in [2.45, 2.75) is 27.2 Å². The second-order valence-corrected chi connectivity index (χ2v) is 5.38. The van der Waals surface area contributed by atoms with E-state index in [0.717, 1.165) is 23.4 Å². The van der Waals surface area contributed by atoms with Gasteiger partial charge in [0, 0.05) is 5.56 Å². The number of aryl methyl sites for hydroxylation is 1. The number of rotatable bonds is 6. The Morgan fingerprint density at radius 3 is 2.26 bits per heavy atom. The van der Waals surface area contributed by atoms with Gasteiger partial charge < -0.3 is 4.74 Å². The van der Waals surface area contributed by atoms with Crippen LogP contribution in [0, 0.1) is 6.92 Å². The fourth-order valence-corrected chi connectivity index (χ4v) is 1.98. The number of hydrogen-bond donors (Lipinski definition) is 1. The highest BCUT2D eigenvalue weighted by atomic mass is 16.5. The highest BCUT2D eigenvalue weighted by Crippen LogP contribution is 2.12. The SMILES string of the molecule is CCCOc1ccc(C(=O)N/N=C(/C)c2ccc(C)cc2)cc1. The van der Waals surface area contributed by atoms with Gasteiger partial charge in [-0.25, -0.2) is 5.43 Å². The molecule has 0 aliphatic carbocycles. The number of carbonyl (C=O) groups excluding carboxylic acids is 1. The van der Waals surface area contributed by atoms with Gasteiger partial charge in [-0.1, -0.05) is 36.8 Å². The van der Waals surface area contributed by atoms with Crippen molar-refractivity contribution in [3.05, 3.63) is 65.2 Å². The van der Waals surface area contributed by atoms with Crippen molar-refractivity contribution in [2.75, 3.05) is 6.61 Å². The highest BCUT2D eigenvalue weighted by molar-refractivity contribution is 6.00. The summed E-state index contributed by atoms with van der Waals surface area (Å²) in [5.74, 6) is 0.529. The lowest BCUT2D eigenvalue weighted by Gasteiger charge is -2.06. The fourth-order valence-electron chi connectivity index (χ4n) is 1.98. The number of hydrazone groups is 1. The van der Waals surface area contributed by atoms with E-state index in [1.807, 2.05) is 38.1 Å². The van der Waals surface area contributed by atoms with Crippen LogP contribution >= 0.6 is 0 Å². The van der Waals surface area contributed by atoms with E-state index >= 15 is 0 Å². The minimum atomic E-state index is -0.237. The summed E-state index contributed by atoms with van der Waals surface area (Å²) in [4.78, 5) is 12.1. The summed E-state index contributed by atoms with van der Waals surface area (Å²) in [6, 6.07) is 15.1. The van der Waals surface area contributed by atoms with Gasteiger partial charge in [0.15, 0.2) is 0 Å². The van der Waals surface area contributed by atoms with Crippen LogP contribution in [-0.2, 0) is 0 Å². The lowest BCUT2D eigenvalue weighted by Crippen LogP contribution is -2.19. The largest absolute Gasteiger partial charge is 0.494 e. The van der Waals surface area contributed by atoms with Crippen LogP contribution in [0.4, 0.5) is 0 Å². The second kappa shape index (κ2) is 8.13. The van der Waals surface area contributed by atoms with E-state index in [-0.39, 0.29) is 5.91 Å². The van der Waals surface area contributed by atoms with E-state index in [1.54, 1.807) is 24.3 Å². The Labute approximate surface area is 137 Å². The Balaban J connectivity index is 1.98. The summed E-state index contributed by atoms with van der Waals surface area (Å²) in [6.07, 6.45) is 0.954. The summed E-state index contributed by atoms with van der Waals surface area (Å²) in [5.41, 5.74) is 6.07. The molecule has 2 aromatic rings. The zero-order chi connectivity index (χ0) is 16.7. The molecule has 0 aromatic heterocycles. The number of ether oxygens (including phenoxy) is 1. The number of hydrogen-bond acceptors (Lipinski definition) is 3. The minimum Gasteiger partial charge on any atom is -0.494 e. The van der Waals surface area contributed by atoms with Crippen LogP contribution in [0.15, 0.2) is 53.6 Å². The van der Waals surface area contributed by atoms with Crippen LogP contribution in [0.25, 0.3) is 0 Å². The maximum atomic E-state index is 12.1. The van der Waals surface area contributed by atoms with Crippen molar-refractivity contribution in [3.63, 3.8) is 0 Å².